The average Bonchev–Trinajstić information content (AvgIpc) is 2.85. The molecule has 0 amide bonds. The molecule has 1 aliphatic carbocycles. The van der Waals surface area contributed by atoms with E-state index in [-0.39, 0.29) is 0 Å². The van der Waals surface area contributed by atoms with Crippen molar-refractivity contribution < 1.29 is 0 Å². The molecule has 5 nitrogen and oxygen atoms in total. The Bertz CT molecular complexity index is 371. The van der Waals surface area contributed by atoms with E-state index in [0.717, 1.165) is 11.0 Å². The molecule has 1 saturated carbocycles. The molecule has 1 unspecified atom stereocenters. The van der Waals surface area contributed by atoms with Gasteiger partial charge in [0.1, 0.15) is 11.6 Å². The first-order chi connectivity index (χ1) is 7.55. The van der Waals surface area contributed by atoms with Crippen LogP contribution in [0.5, 0.6) is 0 Å². The Kier molecular flexibility index (Phi) is 2.94. The van der Waals surface area contributed by atoms with Crippen molar-refractivity contribution in [1.82, 2.24) is 9.97 Å². The van der Waals surface area contributed by atoms with Crippen LogP contribution in [0, 0.1) is 5.41 Å². The van der Waals surface area contributed by atoms with E-state index in [4.69, 9.17) is 5.84 Å². The van der Waals surface area contributed by atoms with Gasteiger partial charge < -0.3 is 10.7 Å². The van der Waals surface area contributed by atoms with Gasteiger partial charge in [0.05, 0.1) is 0 Å². The van der Waals surface area contributed by atoms with Crippen molar-refractivity contribution in [2.45, 2.75) is 31.5 Å². The van der Waals surface area contributed by atoms with E-state index >= 15 is 0 Å². The Labute approximate surface area is 99.6 Å². The maximum Gasteiger partial charge on any atom is 0.191 e. The summed E-state index contributed by atoms with van der Waals surface area (Å²) in [6.07, 6.45) is 3.12. The van der Waals surface area contributed by atoms with E-state index in [1.54, 1.807) is 0 Å². The van der Waals surface area contributed by atoms with Gasteiger partial charge in [-0.2, -0.15) is 0 Å². The highest BCUT2D eigenvalue weighted by molar-refractivity contribution is 7.98. The lowest BCUT2D eigenvalue weighted by molar-refractivity contribution is 0.629. The molecule has 4 N–H and O–H groups in total. The highest BCUT2D eigenvalue weighted by Crippen LogP contribution is 2.46. The zero-order valence-corrected chi connectivity index (χ0v) is 10.6. The van der Waals surface area contributed by atoms with Crippen LogP contribution in [0.2, 0.25) is 0 Å². The quantitative estimate of drug-likeness (QED) is 0.321. The molecule has 88 valence electrons. The van der Waals surface area contributed by atoms with Crippen LogP contribution < -0.4 is 16.6 Å². The largest absolute Gasteiger partial charge is 0.367 e. The number of hydrogen-bond donors (Lipinski definition) is 3. The SMILES string of the molecule is CSc1nc(NN)cc(NC2CC2(C)C)n1. The van der Waals surface area contributed by atoms with Crippen molar-refractivity contribution >= 4 is 23.4 Å². The maximum absolute atomic E-state index is 5.36. The van der Waals surface area contributed by atoms with Crippen molar-refractivity contribution in [3.05, 3.63) is 6.07 Å². The second-order valence-electron chi connectivity index (χ2n) is 4.66. The molecule has 1 fully saturated rings. The molecular weight excluding hydrogens is 222 g/mol. The van der Waals surface area contributed by atoms with Gasteiger partial charge in [-0.05, 0) is 18.1 Å². The minimum Gasteiger partial charge on any atom is -0.367 e. The number of nitrogens with zero attached hydrogens (tertiary/aromatic N) is 2. The number of aromatic nitrogens is 2. The van der Waals surface area contributed by atoms with Gasteiger partial charge in [-0.15, -0.1) is 0 Å². The fraction of sp³-hybridized carbons (Fsp3) is 0.600. The summed E-state index contributed by atoms with van der Waals surface area (Å²) in [5.74, 6) is 6.84. The van der Waals surface area contributed by atoms with Gasteiger partial charge in [-0.25, -0.2) is 15.8 Å². The zero-order chi connectivity index (χ0) is 11.8. The molecule has 0 aromatic carbocycles. The van der Waals surface area contributed by atoms with Crippen molar-refractivity contribution in [3.8, 4) is 0 Å². The fourth-order valence-corrected chi connectivity index (χ4v) is 1.94. The number of thioether (sulfide) groups is 1. The van der Waals surface area contributed by atoms with Gasteiger partial charge in [0.15, 0.2) is 5.16 Å². The number of hydrazine groups is 1. The number of rotatable bonds is 4. The third-order valence-electron chi connectivity index (χ3n) is 2.87. The third-order valence-corrected chi connectivity index (χ3v) is 3.42. The predicted octanol–water partition coefficient (Wildman–Crippen LogP) is 1.69. The molecule has 2 rings (SSSR count). The number of anilines is 2. The molecule has 0 aliphatic heterocycles. The number of nitrogens with two attached hydrogens (primary N) is 1. The van der Waals surface area contributed by atoms with Crippen LogP contribution in [0.1, 0.15) is 20.3 Å². The van der Waals surface area contributed by atoms with Crippen molar-refractivity contribution in [3.63, 3.8) is 0 Å². The van der Waals surface area contributed by atoms with Crippen LogP contribution in [0.25, 0.3) is 0 Å². The molecule has 1 aromatic heterocycles. The smallest absolute Gasteiger partial charge is 0.191 e. The Morgan fingerprint density at radius 1 is 1.44 bits per heavy atom. The summed E-state index contributed by atoms with van der Waals surface area (Å²) in [6.45, 7) is 4.48. The second kappa shape index (κ2) is 4.10. The predicted molar refractivity (Wildman–Crippen MR) is 67.4 cm³/mol. The number of hydrogen-bond acceptors (Lipinski definition) is 6. The molecule has 1 aromatic rings. The number of nitrogen functional groups attached to an aromatic ring is 1. The first-order valence-electron chi connectivity index (χ1n) is 5.21. The van der Waals surface area contributed by atoms with E-state index in [2.05, 4.69) is 34.6 Å². The topological polar surface area (TPSA) is 75.9 Å². The summed E-state index contributed by atoms with van der Waals surface area (Å²) in [4.78, 5) is 8.60. The fourth-order valence-electron chi connectivity index (χ4n) is 1.56. The summed E-state index contributed by atoms with van der Waals surface area (Å²) in [5.41, 5.74) is 2.93. The normalized spacial score (nSPS) is 21.6. The lowest BCUT2D eigenvalue weighted by Crippen LogP contribution is -2.13. The summed E-state index contributed by atoms with van der Waals surface area (Å²) < 4.78 is 0. The Morgan fingerprint density at radius 3 is 2.56 bits per heavy atom. The van der Waals surface area contributed by atoms with Gasteiger partial charge >= 0.3 is 0 Å². The summed E-state index contributed by atoms with van der Waals surface area (Å²) in [7, 11) is 0. The molecular formula is C10H17N5S. The molecule has 1 heterocycles. The minimum absolute atomic E-state index is 0.376. The summed E-state index contributed by atoms with van der Waals surface area (Å²) in [5, 5.41) is 4.11. The van der Waals surface area contributed by atoms with Crippen LogP contribution >= 0.6 is 11.8 Å². The van der Waals surface area contributed by atoms with Crippen LogP contribution in [-0.4, -0.2) is 22.3 Å². The van der Waals surface area contributed by atoms with Crippen LogP contribution in [0.4, 0.5) is 11.6 Å². The van der Waals surface area contributed by atoms with E-state index in [9.17, 15) is 0 Å². The van der Waals surface area contributed by atoms with Gasteiger partial charge in [0, 0.05) is 12.1 Å². The third kappa shape index (κ3) is 2.38. The summed E-state index contributed by atoms with van der Waals surface area (Å²) in [6, 6.07) is 2.33. The first-order valence-corrected chi connectivity index (χ1v) is 6.44. The summed E-state index contributed by atoms with van der Waals surface area (Å²) >= 11 is 1.50. The lowest BCUT2D eigenvalue weighted by Gasteiger charge is -2.09. The molecule has 1 atom stereocenters. The molecule has 6 heteroatoms. The van der Waals surface area contributed by atoms with Crippen LogP contribution in [0.15, 0.2) is 11.2 Å². The van der Waals surface area contributed by atoms with Gasteiger partial charge in [0.25, 0.3) is 0 Å². The van der Waals surface area contributed by atoms with Crippen molar-refractivity contribution in [1.29, 1.82) is 0 Å². The van der Waals surface area contributed by atoms with Crippen molar-refractivity contribution in [2.24, 2.45) is 11.3 Å². The lowest BCUT2D eigenvalue weighted by atomic mass is 10.2. The van der Waals surface area contributed by atoms with E-state index in [1.807, 2.05) is 12.3 Å². The highest BCUT2D eigenvalue weighted by Gasteiger charge is 2.45. The molecule has 0 bridgehead atoms. The van der Waals surface area contributed by atoms with Crippen molar-refractivity contribution in [2.75, 3.05) is 17.0 Å². The minimum atomic E-state index is 0.376. The Balaban J connectivity index is 2.14. The molecule has 1 aliphatic rings. The molecule has 0 saturated heterocycles. The molecule has 16 heavy (non-hydrogen) atoms. The van der Waals surface area contributed by atoms with Gasteiger partial charge in [-0.3, -0.25) is 0 Å². The molecule has 0 spiro atoms. The average molecular weight is 239 g/mol. The molecule has 0 radical (unpaired) electrons. The second-order valence-corrected chi connectivity index (χ2v) is 5.43. The zero-order valence-electron chi connectivity index (χ0n) is 9.74. The van der Waals surface area contributed by atoms with E-state index in [1.165, 1.54) is 18.2 Å². The van der Waals surface area contributed by atoms with Gasteiger partial charge in [0.2, 0.25) is 0 Å². The van der Waals surface area contributed by atoms with Crippen LogP contribution in [0.3, 0.4) is 0 Å². The first kappa shape index (κ1) is 11.5. The monoisotopic (exact) mass is 239 g/mol. The highest BCUT2D eigenvalue weighted by atomic mass is 32.2. The standard InChI is InChI=1S/C10H17N5S/c1-10(2)5-6(10)12-7-4-8(15-11)14-9(13-7)16-3/h4,6H,5,11H2,1-3H3,(H2,12,13,14,15). The van der Waals surface area contributed by atoms with Crippen LogP contribution in [-0.2, 0) is 0 Å². The Morgan fingerprint density at radius 2 is 2.06 bits per heavy atom. The maximum atomic E-state index is 5.36. The Hall–Kier alpha value is -1.01. The number of nitrogens with one attached hydrogen (secondary N) is 2. The van der Waals surface area contributed by atoms with E-state index < -0.39 is 0 Å². The van der Waals surface area contributed by atoms with E-state index in [0.29, 0.717) is 17.3 Å². The van der Waals surface area contributed by atoms with Gasteiger partial charge in [-0.1, -0.05) is 25.6 Å².